The molecule has 1 fully saturated rings. The number of tetrazole rings is 1. The Morgan fingerprint density at radius 2 is 2.11 bits per heavy atom. The van der Waals surface area contributed by atoms with Crippen molar-refractivity contribution in [3.05, 3.63) is 48.0 Å². The van der Waals surface area contributed by atoms with Crippen LogP contribution in [0, 0.1) is 0 Å². The number of hydrogen-bond donors (Lipinski definition) is 1. The number of thioether (sulfide) groups is 1. The van der Waals surface area contributed by atoms with Crippen molar-refractivity contribution in [1.29, 1.82) is 0 Å². The van der Waals surface area contributed by atoms with Crippen molar-refractivity contribution < 1.29 is 9.53 Å². The predicted molar refractivity (Wildman–Crippen MR) is 104 cm³/mol. The zero-order chi connectivity index (χ0) is 18.8. The highest BCUT2D eigenvalue weighted by Gasteiger charge is 2.28. The molecule has 1 amide bonds. The van der Waals surface area contributed by atoms with Gasteiger partial charge in [0.25, 0.3) is 5.91 Å². The molecule has 138 valence electrons. The van der Waals surface area contributed by atoms with Crippen LogP contribution in [0.4, 0.5) is 5.69 Å². The van der Waals surface area contributed by atoms with Gasteiger partial charge in [-0.25, -0.2) is 4.68 Å². The highest BCUT2D eigenvalue weighted by Crippen LogP contribution is 2.37. The molecule has 0 aliphatic heterocycles. The first kappa shape index (κ1) is 17.5. The van der Waals surface area contributed by atoms with Crippen LogP contribution in [0.15, 0.2) is 47.4 Å². The highest BCUT2D eigenvalue weighted by atomic mass is 32.2. The molecule has 1 aromatic heterocycles. The number of aromatic nitrogens is 4. The Balaban J connectivity index is 1.58. The number of rotatable bonds is 6. The van der Waals surface area contributed by atoms with Gasteiger partial charge in [-0.3, -0.25) is 4.79 Å². The molecule has 0 atom stereocenters. The zero-order valence-electron chi connectivity index (χ0n) is 15.0. The van der Waals surface area contributed by atoms with E-state index in [1.807, 2.05) is 47.3 Å². The van der Waals surface area contributed by atoms with Crippen LogP contribution in [0.25, 0.3) is 11.4 Å². The summed E-state index contributed by atoms with van der Waals surface area (Å²) in [5.41, 5.74) is 2.04. The Morgan fingerprint density at radius 3 is 2.85 bits per heavy atom. The predicted octanol–water partition coefficient (Wildman–Crippen LogP) is 3.66. The minimum Gasteiger partial charge on any atom is -0.496 e. The third-order valence-electron chi connectivity index (χ3n) is 4.42. The minimum atomic E-state index is -0.224. The smallest absolute Gasteiger partial charge is 0.259 e. The van der Waals surface area contributed by atoms with Gasteiger partial charge < -0.3 is 10.1 Å². The van der Waals surface area contributed by atoms with E-state index in [0.29, 0.717) is 23.0 Å². The fourth-order valence-corrected chi connectivity index (χ4v) is 3.30. The molecule has 2 aromatic carbocycles. The van der Waals surface area contributed by atoms with E-state index in [0.717, 1.165) is 29.1 Å². The van der Waals surface area contributed by atoms with Crippen LogP contribution in [0.3, 0.4) is 0 Å². The van der Waals surface area contributed by atoms with Gasteiger partial charge in [-0.2, -0.15) is 0 Å². The maximum atomic E-state index is 12.7. The zero-order valence-corrected chi connectivity index (χ0v) is 15.9. The molecule has 3 aromatic rings. The van der Waals surface area contributed by atoms with Gasteiger partial charge in [0.2, 0.25) is 0 Å². The van der Waals surface area contributed by atoms with Crippen LogP contribution in [0.1, 0.15) is 29.2 Å². The Hall–Kier alpha value is -2.87. The number of nitrogens with zero attached hydrogens (tertiary/aromatic N) is 4. The fraction of sp³-hybridized carbons (Fsp3) is 0.263. The van der Waals surface area contributed by atoms with Crippen LogP contribution in [0.5, 0.6) is 5.75 Å². The second-order valence-corrected chi connectivity index (χ2v) is 7.16. The van der Waals surface area contributed by atoms with Gasteiger partial charge in [-0.15, -0.1) is 16.9 Å². The van der Waals surface area contributed by atoms with E-state index in [2.05, 4.69) is 20.8 Å². The van der Waals surface area contributed by atoms with Crippen molar-refractivity contribution in [2.75, 3.05) is 18.7 Å². The largest absolute Gasteiger partial charge is 0.496 e. The van der Waals surface area contributed by atoms with Gasteiger partial charge in [-0.05, 0) is 59.9 Å². The maximum Gasteiger partial charge on any atom is 0.259 e. The fourth-order valence-electron chi connectivity index (χ4n) is 2.87. The van der Waals surface area contributed by atoms with Crippen molar-refractivity contribution in [3.63, 3.8) is 0 Å². The molecular formula is C19H19N5O2S. The second kappa shape index (κ2) is 7.40. The molecule has 1 aliphatic carbocycles. The van der Waals surface area contributed by atoms with Gasteiger partial charge in [0, 0.05) is 16.1 Å². The molecule has 7 nitrogen and oxygen atoms in total. The quantitative estimate of drug-likeness (QED) is 0.656. The molecule has 1 N–H and O–H groups in total. The lowest BCUT2D eigenvalue weighted by Crippen LogP contribution is -2.13. The maximum absolute atomic E-state index is 12.7. The second-order valence-electron chi connectivity index (χ2n) is 6.28. The van der Waals surface area contributed by atoms with Gasteiger partial charge >= 0.3 is 0 Å². The summed E-state index contributed by atoms with van der Waals surface area (Å²) in [5, 5.41) is 14.9. The molecule has 0 bridgehead atoms. The number of ether oxygens (including phenoxy) is 1. The number of amides is 1. The molecule has 1 saturated carbocycles. The van der Waals surface area contributed by atoms with Crippen molar-refractivity contribution >= 4 is 23.4 Å². The van der Waals surface area contributed by atoms with E-state index in [4.69, 9.17) is 4.74 Å². The molecular weight excluding hydrogens is 362 g/mol. The summed E-state index contributed by atoms with van der Waals surface area (Å²) in [5.74, 6) is 1.04. The van der Waals surface area contributed by atoms with Gasteiger partial charge in [0.1, 0.15) is 5.75 Å². The summed E-state index contributed by atoms with van der Waals surface area (Å²) in [6.07, 6.45) is 4.18. The lowest BCUT2D eigenvalue weighted by Gasteiger charge is -2.11. The average molecular weight is 381 g/mol. The van der Waals surface area contributed by atoms with Gasteiger partial charge in [0.05, 0.1) is 18.7 Å². The molecule has 0 radical (unpaired) electrons. The molecule has 1 aliphatic rings. The summed E-state index contributed by atoms with van der Waals surface area (Å²) in [6.45, 7) is 0. The van der Waals surface area contributed by atoms with E-state index in [1.165, 1.54) is 0 Å². The van der Waals surface area contributed by atoms with Crippen molar-refractivity contribution in [2.24, 2.45) is 0 Å². The normalized spacial score (nSPS) is 13.4. The van der Waals surface area contributed by atoms with E-state index in [9.17, 15) is 4.79 Å². The number of hydrogen-bond acceptors (Lipinski definition) is 6. The highest BCUT2D eigenvalue weighted by molar-refractivity contribution is 7.98. The topological polar surface area (TPSA) is 81.9 Å². The Labute approximate surface area is 161 Å². The molecule has 0 spiro atoms. The van der Waals surface area contributed by atoms with E-state index < -0.39 is 0 Å². The Kier molecular flexibility index (Phi) is 4.81. The lowest BCUT2D eigenvalue weighted by atomic mass is 10.1. The SMILES string of the molecule is COc1cc(SC)ccc1C(=O)Nc1cccc(-c2nnnn2C2CC2)c1. The van der Waals surface area contributed by atoms with Crippen LogP contribution >= 0.6 is 11.8 Å². The monoisotopic (exact) mass is 381 g/mol. The van der Waals surface area contributed by atoms with Crippen molar-refractivity contribution in [1.82, 2.24) is 20.2 Å². The van der Waals surface area contributed by atoms with E-state index in [-0.39, 0.29) is 5.91 Å². The Bertz CT molecular complexity index is 984. The lowest BCUT2D eigenvalue weighted by molar-refractivity contribution is 0.102. The van der Waals surface area contributed by atoms with E-state index in [1.54, 1.807) is 24.9 Å². The van der Waals surface area contributed by atoms with Gasteiger partial charge in [-0.1, -0.05) is 12.1 Å². The molecule has 1 heterocycles. The minimum absolute atomic E-state index is 0.224. The molecule has 27 heavy (non-hydrogen) atoms. The van der Waals surface area contributed by atoms with Crippen LogP contribution in [0.2, 0.25) is 0 Å². The number of methoxy groups -OCH3 is 1. The molecule has 4 rings (SSSR count). The number of carbonyl (C=O) groups excluding carboxylic acids is 1. The number of benzene rings is 2. The van der Waals surface area contributed by atoms with E-state index >= 15 is 0 Å². The summed E-state index contributed by atoms with van der Waals surface area (Å²) in [4.78, 5) is 13.8. The van der Waals surface area contributed by atoms with Gasteiger partial charge in [0.15, 0.2) is 5.82 Å². The standard InChI is InChI=1S/C19H19N5O2S/c1-26-17-11-15(27-2)8-9-16(17)19(25)20-13-5-3-4-12(10-13)18-21-22-23-24(18)14-6-7-14/h3-5,8-11,14H,6-7H2,1-2H3,(H,20,25). The summed E-state index contributed by atoms with van der Waals surface area (Å²) in [7, 11) is 1.56. The molecule has 0 saturated heterocycles. The first-order valence-corrected chi connectivity index (χ1v) is 9.83. The Morgan fingerprint density at radius 1 is 1.26 bits per heavy atom. The summed E-state index contributed by atoms with van der Waals surface area (Å²) >= 11 is 1.60. The van der Waals surface area contributed by atoms with Crippen LogP contribution in [-0.4, -0.2) is 39.5 Å². The molecule has 8 heteroatoms. The average Bonchev–Trinajstić information content (AvgIpc) is 3.43. The first-order valence-electron chi connectivity index (χ1n) is 8.61. The third-order valence-corrected chi connectivity index (χ3v) is 5.14. The summed E-state index contributed by atoms with van der Waals surface area (Å²) in [6, 6.07) is 13.5. The summed E-state index contributed by atoms with van der Waals surface area (Å²) < 4.78 is 7.23. The third kappa shape index (κ3) is 3.66. The van der Waals surface area contributed by atoms with Crippen LogP contribution in [-0.2, 0) is 0 Å². The van der Waals surface area contributed by atoms with Crippen molar-refractivity contribution in [3.8, 4) is 17.1 Å². The van der Waals surface area contributed by atoms with Crippen molar-refractivity contribution in [2.45, 2.75) is 23.8 Å². The molecule has 0 unspecified atom stereocenters. The number of nitrogens with one attached hydrogen (secondary N) is 1. The van der Waals surface area contributed by atoms with Crippen LogP contribution < -0.4 is 10.1 Å². The number of anilines is 1. The first-order chi connectivity index (χ1) is 13.2. The number of carbonyl (C=O) groups is 1.